The van der Waals surface area contributed by atoms with Gasteiger partial charge in [-0.05, 0) is 13.0 Å². The summed E-state index contributed by atoms with van der Waals surface area (Å²) in [6, 6.07) is 3.11. The molecule has 0 radical (unpaired) electrons. The SMILES string of the molecule is COC(=O)c1cc2c(C=O)cc(OC)c(C)c2o1. The predicted molar refractivity (Wildman–Crippen MR) is 64.2 cm³/mol. The third-order valence-electron chi connectivity index (χ3n) is 2.77. The molecule has 18 heavy (non-hydrogen) atoms. The zero-order chi connectivity index (χ0) is 13.3. The third-order valence-corrected chi connectivity index (χ3v) is 2.77. The van der Waals surface area contributed by atoms with Crippen molar-refractivity contribution >= 4 is 23.2 Å². The number of ether oxygens (including phenoxy) is 2. The maximum Gasteiger partial charge on any atom is 0.373 e. The van der Waals surface area contributed by atoms with Crippen molar-refractivity contribution in [3.05, 3.63) is 29.0 Å². The maximum atomic E-state index is 11.4. The molecule has 0 unspecified atom stereocenters. The van der Waals surface area contributed by atoms with Gasteiger partial charge < -0.3 is 13.9 Å². The average Bonchev–Trinajstić information content (AvgIpc) is 2.84. The Kier molecular flexibility index (Phi) is 3.06. The largest absolute Gasteiger partial charge is 0.496 e. The van der Waals surface area contributed by atoms with Crippen molar-refractivity contribution in [2.45, 2.75) is 6.92 Å². The summed E-state index contributed by atoms with van der Waals surface area (Å²) in [5, 5.41) is 0.573. The number of methoxy groups -OCH3 is 2. The molecule has 0 atom stereocenters. The summed E-state index contributed by atoms with van der Waals surface area (Å²) in [5.74, 6) is 0.0173. The summed E-state index contributed by atoms with van der Waals surface area (Å²) in [7, 11) is 2.77. The van der Waals surface area contributed by atoms with Gasteiger partial charge in [-0.2, -0.15) is 0 Å². The molecular formula is C13H12O5. The van der Waals surface area contributed by atoms with E-state index < -0.39 is 5.97 Å². The van der Waals surface area contributed by atoms with Gasteiger partial charge in [-0.25, -0.2) is 4.79 Å². The van der Waals surface area contributed by atoms with Gasteiger partial charge in [-0.3, -0.25) is 4.79 Å². The molecule has 0 aliphatic carbocycles. The monoisotopic (exact) mass is 248 g/mol. The zero-order valence-corrected chi connectivity index (χ0v) is 10.3. The van der Waals surface area contributed by atoms with Crippen molar-refractivity contribution in [2.75, 3.05) is 14.2 Å². The summed E-state index contributed by atoms with van der Waals surface area (Å²) < 4.78 is 15.2. The van der Waals surface area contributed by atoms with Gasteiger partial charge in [0.1, 0.15) is 11.3 Å². The van der Waals surface area contributed by atoms with Gasteiger partial charge in [0.05, 0.1) is 14.2 Å². The molecule has 1 aromatic heterocycles. The van der Waals surface area contributed by atoms with Gasteiger partial charge in [0.25, 0.3) is 0 Å². The van der Waals surface area contributed by atoms with Crippen molar-refractivity contribution in [2.24, 2.45) is 0 Å². The Labute approximate surface area is 103 Å². The van der Waals surface area contributed by atoms with Crippen LogP contribution in [0.5, 0.6) is 5.75 Å². The minimum absolute atomic E-state index is 0.0620. The Morgan fingerprint density at radius 1 is 1.33 bits per heavy atom. The molecule has 5 heteroatoms. The van der Waals surface area contributed by atoms with Crippen LogP contribution in [0.1, 0.15) is 26.5 Å². The predicted octanol–water partition coefficient (Wildman–Crippen LogP) is 2.35. The highest BCUT2D eigenvalue weighted by Crippen LogP contribution is 2.32. The molecule has 5 nitrogen and oxygen atoms in total. The van der Waals surface area contributed by atoms with E-state index in [1.165, 1.54) is 20.3 Å². The summed E-state index contributed by atoms with van der Waals surface area (Å²) >= 11 is 0. The van der Waals surface area contributed by atoms with Gasteiger partial charge in [-0.1, -0.05) is 0 Å². The van der Waals surface area contributed by atoms with E-state index in [2.05, 4.69) is 4.74 Å². The van der Waals surface area contributed by atoms with Gasteiger partial charge >= 0.3 is 5.97 Å². The first-order valence-electron chi connectivity index (χ1n) is 5.27. The molecule has 0 spiro atoms. The highest BCUT2D eigenvalue weighted by molar-refractivity contribution is 6.02. The fourth-order valence-electron chi connectivity index (χ4n) is 1.83. The quantitative estimate of drug-likeness (QED) is 0.616. The number of furan rings is 1. The van der Waals surface area contributed by atoms with Crippen LogP contribution in [-0.2, 0) is 4.74 Å². The number of rotatable bonds is 3. The molecule has 0 aliphatic heterocycles. The van der Waals surface area contributed by atoms with Crippen molar-refractivity contribution in [1.29, 1.82) is 0 Å². The lowest BCUT2D eigenvalue weighted by Crippen LogP contribution is -1.98. The average molecular weight is 248 g/mol. The van der Waals surface area contributed by atoms with Crippen LogP contribution in [0.3, 0.4) is 0 Å². The van der Waals surface area contributed by atoms with Gasteiger partial charge in [0, 0.05) is 22.6 Å². The van der Waals surface area contributed by atoms with E-state index >= 15 is 0 Å². The molecule has 0 fully saturated rings. The molecular weight excluding hydrogens is 236 g/mol. The first-order chi connectivity index (χ1) is 8.62. The van der Waals surface area contributed by atoms with Crippen molar-refractivity contribution < 1.29 is 23.5 Å². The number of carbonyl (C=O) groups excluding carboxylic acids is 2. The number of benzene rings is 1. The highest BCUT2D eigenvalue weighted by Gasteiger charge is 2.18. The van der Waals surface area contributed by atoms with Crippen LogP contribution in [0.2, 0.25) is 0 Å². The summed E-state index contributed by atoms with van der Waals surface area (Å²) in [4.78, 5) is 22.4. The second-order valence-electron chi connectivity index (χ2n) is 3.76. The number of esters is 1. The van der Waals surface area contributed by atoms with Crippen LogP contribution >= 0.6 is 0 Å². The van der Waals surface area contributed by atoms with Gasteiger partial charge in [0.2, 0.25) is 5.76 Å². The number of aryl methyl sites for hydroxylation is 1. The molecule has 0 saturated carbocycles. The van der Waals surface area contributed by atoms with E-state index in [1.807, 2.05) is 0 Å². The molecule has 2 rings (SSSR count). The van der Waals surface area contributed by atoms with Crippen LogP contribution in [0, 0.1) is 6.92 Å². The molecule has 94 valence electrons. The third kappa shape index (κ3) is 1.73. The van der Waals surface area contributed by atoms with Crippen molar-refractivity contribution in [3.8, 4) is 5.75 Å². The zero-order valence-electron chi connectivity index (χ0n) is 10.3. The van der Waals surface area contributed by atoms with Gasteiger partial charge in [0.15, 0.2) is 6.29 Å². The van der Waals surface area contributed by atoms with Crippen LogP contribution in [0.15, 0.2) is 16.5 Å². The lowest BCUT2D eigenvalue weighted by atomic mass is 10.1. The van der Waals surface area contributed by atoms with Crippen molar-refractivity contribution in [3.63, 3.8) is 0 Å². The van der Waals surface area contributed by atoms with Crippen LogP contribution in [-0.4, -0.2) is 26.5 Å². The van der Waals surface area contributed by atoms with E-state index in [9.17, 15) is 9.59 Å². The minimum atomic E-state index is -0.582. The number of aldehydes is 1. The summed E-state index contributed by atoms with van der Waals surface area (Å²) in [5.41, 5.74) is 1.59. The Hall–Kier alpha value is -2.30. The summed E-state index contributed by atoms with van der Waals surface area (Å²) in [6.07, 6.45) is 0.695. The van der Waals surface area contributed by atoms with E-state index in [1.54, 1.807) is 13.0 Å². The smallest absolute Gasteiger partial charge is 0.373 e. The maximum absolute atomic E-state index is 11.4. The lowest BCUT2D eigenvalue weighted by Gasteiger charge is -2.05. The second kappa shape index (κ2) is 4.52. The molecule has 1 aromatic carbocycles. The van der Waals surface area contributed by atoms with E-state index in [0.29, 0.717) is 28.6 Å². The Morgan fingerprint density at radius 3 is 2.61 bits per heavy atom. The first-order valence-corrected chi connectivity index (χ1v) is 5.27. The minimum Gasteiger partial charge on any atom is -0.496 e. The standard InChI is InChI=1S/C13H12O5/c1-7-10(16-2)4-8(6-14)9-5-11(13(15)17-3)18-12(7)9/h4-6H,1-3H3. The second-order valence-corrected chi connectivity index (χ2v) is 3.76. The van der Waals surface area contributed by atoms with Crippen LogP contribution in [0.25, 0.3) is 11.0 Å². The molecule has 2 aromatic rings. The lowest BCUT2D eigenvalue weighted by molar-refractivity contribution is 0.0567. The normalized spacial score (nSPS) is 10.4. The van der Waals surface area contributed by atoms with E-state index in [0.717, 1.165) is 5.56 Å². The van der Waals surface area contributed by atoms with Gasteiger partial charge in [-0.15, -0.1) is 0 Å². The fourth-order valence-corrected chi connectivity index (χ4v) is 1.83. The van der Waals surface area contributed by atoms with Crippen molar-refractivity contribution in [1.82, 2.24) is 0 Å². The number of hydrogen-bond donors (Lipinski definition) is 0. The molecule has 0 saturated heterocycles. The fraction of sp³-hybridized carbons (Fsp3) is 0.231. The molecule has 0 bridgehead atoms. The number of hydrogen-bond acceptors (Lipinski definition) is 5. The van der Waals surface area contributed by atoms with Crippen LogP contribution in [0.4, 0.5) is 0 Å². The van der Waals surface area contributed by atoms with E-state index in [4.69, 9.17) is 9.15 Å². The Bertz CT molecular complexity index is 624. The Balaban J connectivity index is 2.77. The Morgan fingerprint density at radius 2 is 2.06 bits per heavy atom. The molecule has 0 aliphatic rings. The number of fused-ring (bicyclic) bond motifs is 1. The number of carbonyl (C=O) groups is 2. The van der Waals surface area contributed by atoms with E-state index in [-0.39, 0.29) is 5.76 Å². The summed E-state index contributed by atoms with van der Waals surface area (Å²) in [6.45, 7) is 1.79. The molecule has 0 amide bonds. The van der Waals surface area contributed by atoms with Crippen LogP contribution < -0.4 is 4.74 Å². The highest BCUT2D eigenvalue weighted by atomic mass is 16.5. The topological polar surface area (TPSA) is 65.7 Å². The molecule has 0 N–H and O–H groups in total. The first kappa shape index (κ1) is 12.2. The molecule has 1 heterocycles.